The molecule has 164 valence electrons. The number of hydrogen-bond donors (Lipinski definition) is 1. The van der Waals surface area contributed by atoms with Crippen molar-refractivity contribution in [2.75, 3.05) is 19.1 Å². The number of esters is 1. The molecule has 9 nitrogen and oxygen atoms in total. The minimum absolute atomic E-state index is 0.0287. The Hall–Kier alpha value is -3.36. The molecule has 1 aliphatic carbocycles. The number of methoxy groups -OCH3 is 2. The topological polar surface area (TPSA) is 103 Å². The van der Waals surface area contributed by atoms with E-state index in [1.54, 1.807) is 38.3 Å². The lowest BCUT2D eigenvalue weighted by Gasteiger charge is -2.43. The van der Waals surface area contributed by atoms with Gasteiger partial charge in [-0.25, -0.2) is 4.79 Å². The molecule has 0 radical (unpaired) electrons. The van der Waals surface area contributed by atoms with Crippen LogP contribution in [0.25, 0.3) is 0 Å². The summed E-state index contributed by atoms with van der Waals surface area (Å²) in [6, 6.07) is 8.46. The third-order valence-corrected chi connectivity index (χ3v) is 6.06. The molecule has 1 unspecified atom stereocenters. The molecular formula is C22H26N4O5. The number of anilines is 1. The van der Waals surface area contributed by atoms with Gasteiger partial charge in [0, 0.05) is 17.8 Å². The van der Waals surface area contributed by atoms with Gasteiger partial charge in [-0.2, -0.15) is 5.10 Å². The molecule has 31 heavy (non-hydrogen) atoms. The molecule has 9 heteroatoms. The Labute approximate surface area is 180 Å². The van der Waals surface area contributed by atoms with Gasteiger partial charge in [-0.05, 0) is 44.0 Å². The van der Waals surface area contributed by atoms with Gasteiger partial charge in [0.15, 0.2) is 5.69 Å². The predicted molar refractivity (Wildman–Crippen MR) is 112 cm³/mol. The lowest BCUT2D eigenvalue weighted by atomic mass is 9.93. The second-order valence-corrected chi connectivity index (χ2v) is 8.13. The summed E-state index contributed by atoms with van der Waals surface area (Å²) < 4.78 is 11.4. The maximum absolute atomic E-state index is 13.6. The number of rotatable bonds is 5. The van der Waals surface area contributed by atoms with E-state index in [-0.39, 0.29) is 29.9 Å². The molecule has 0 spiro atoms. The smallest absolute Gasteiger partial charge is 0.358 e. The van der Waals surface area contributed by atoms with E-state index in [0.29, 0.717) is 11.4 Å². The number of fused-ring (bicyclic) bond motifs is 1. The molecule has 0 saturated heterocycles. The highest BCUT2D eigenvalue weighted by Gasteiger charge is 2.49. The first-order valence-electron chi connectivity index (χ1n) is 10.3. The molecule has 1 atom stereocenters. The molecule has 1 aliphatic heterocycles. The van der Waals surface area contributed by atoms with Crippen LogP contribution in [0.15, 0.2) is 30.3 Å². The Morgan fingerprint density at radius 3 is 2.45 bits per heavy atom. The van der Waals surface area contributed by atoms with Gasteiger partial charge in [0.25, 0.3) is 5.91 Å². The van der Waals surface area contributed by atoms with Crippen LogP contribution in [0.1, 0.15) is 53.6 Å². The van der Waals surface area contributed by atoms with Crippen molar-refractivity contribution in [2.45, 2.75) is 50.7 Å². The van der Waals surface area contributed by atoms with Crippen molar-refractivity contribution < 1.29 is 23.9 Å². The molecule has 1 aromatic heterocycles. The predicted octanol–water partition coefficient (Wildman–Crippen LogP) is 2.16. The highest BCUT2D eigenvalue weighted by atomic mass is 16.5. The molecule has 0 bridgehead atoms. The molecule has 1 N–H and O–H groups in total. The number of carbonyl (C=O) groups is 3. The number of aromatic nitrogens is 2. The summed E-state index contributed by atoms with van der Waals surface area (Å²) in [5.41, 5.74) is -0.425. The highest BCUT2D eigenvalue weighted by Crippen LogP contribution is 2.34. The zero-order valence-electron chi connectivity index (χ0n) is 17.9. The van der Waals surface area contributed by atoms with Gasteiger partial charge in [-0.3, -0.25) is 19.2 Å². The highest BCUT2D eigenvalue weighted by molar-refractivity contribution is 6.12. The Kier molecular flexibility index (Phi) is 5.43. The molecule has 4 rings (SSSR count). The minimum Gasteiger partial charge on any atom is -0.497 e. The number of hydrogen-bond acceptors (Lipinski definition) is 6. The number of ether oxygens (including phenoxy) is 2. The van der Waals surface area contributed by atoms with Gasteiger partial charge in [0.1, 0.15) is 17.0 Å². The summed E-state index contributed by atoms with van der Waals surface area (Å²) in [5.74, 6) is -0.654. The van der Waals surface area contributed by atoms with Crippen molar-refractivity contribution in [1.82, 2.24) is 15.1 Å². The van der Waals surface area contributed by atoms with E-state index in [2.05, 4.69) is 10.4 Å². The molecule has 2 amide bonds. The van der Waals surface area contributed by atoms with E-state index >= 15 is 0 Å². The van der Waals surface area contributed by atoms with Crippen molar-refractivity contribution in [3.8, 4) is 5.75 Å². The van der Waals surface area contributed by atoms with Crippen LogP contribution >= 0.6 is 0 Å². The van der Waals surface area contributed by atoms with Crippen LogP contribution < -0.4 is 15.0 Å². The largest absolute Gasteiger partial charge is 0.497 e. The van der Waals surface area contributed by atoms with Gasteiger partial charge in [-0.15, -0.1) is 0 Å². The molecule has 2 aliphatic rings. The number of nitrogens with one attached hydrogen (secondary N) is 1. The number of nitrogens with zero attached hydrogens (tertiary/aromatic N) is 3. The summed E-state index contributed by atoms with van der Waals surface area (Å²) in [7, 11) is 2.82. The van der Waals surface area contributed by atoms with Crippen molar-refractivity contribution in [2.24, 2.45) is 0 Å². The Bertz CT molecular complexity index is 1010. The average molecular weight is 426 g/mol. The van der Waals surface area contributed by atoms with Crippen molar-refractivity contribution in [3.05, 3.63) is 41.7 Å². The van der Waals surface area contributed by atoms with Crippen molar-refractivity contribution in [3.63, 3.8) is 0 Å². The van der Waals surface area contributed by atoms with E-state index in [4.69, 9.17) is 9.47 Å². The fourth-order valence-corrected chi connectivity index (χ4v) is 4.33. The third-order valence-electron chi connectivity index (χ3n) is 6.06. The fraction of sp³-hybridized carbons (Fsp3) is 0.455. The van der Waals surface area contributed by atoms with E-state index < -0.39 is 17.4 Å². The summed E-state index contributed by atoms with van der Waals surface area (Å²) in [6.45, 7) is 1.83. The normalized spacial score (nSPS) is 21.0. The van der Waals surface area contributed by atoms with E-state index in [1.807, 2.05) is 0 Å². The van der Waals surface area contributed by atoms with E-state index in [1.165, 1.54) is 22.8 Å². The first-order valence-corrected chi connectivity index (χ1v) is 10.3. The fourth-order valence-electron chi connectivity index (χ4n) is 4.33. The number of benzene rings is 1. The van der Waals surface area contributed by atoms with Gasteiger partial charge >= 0.3 is 5.97 Å². The van der Waals surface area contributed by atoms with Crippen LogP contribution in [0.4, 0.5) is 5.69 Å². The second kappa shape index (κ2) is 8.05. The van der Waals surface area contributed by atoms with Crippen LogP contribution in [0.5, 0.6) is 5.75 Å². The van der Waals surface area contributed by atoms with Crippen molar-refractivity contribution in [1.29, 1.82) is 0 Å². The monoisotopic (exact) mass is 426 g/mol. The van der Waals surface area contributed by atoms with E-state index in [9.17, 15) is 14.4 Å². The Morgan fingerprint density at radius 1 is 1.16 bits per heavy atom. The maximum Gasteiger partial charge on any atom is 0.358 e. The molecule has 1 fully saturated rings. The molecule has 1 saturated carbocycles. The van der Waals surface area contributed by atoms with Crippen LogP contribution in [0.3, 0.4) is 0 Å². The minimum atomic E-state index is -1.24. The summed E-state index contributed by atoms with van der Waals surface area (Å²) in [6.07, 6.45) is 4.01. The SMILES string of the molecule is COC(=O)c1cc2n(n1)CC(C)(C(=O)NC1CCCC1)N(c1ccc(OC)cc1)C2=O. The van der Waals surface area contributed by atoms with Crippen molar-refractivity contribution >= 4 is 23.5 Å². The van der Waals surface area contributed by atoms with Crippen LogP contribution in [-0.4, -0.2) is 53.4 Å². The van der Waals surface area contributed by atoms with Crippen LogP contribution in [0, 0.1) is 0 Å². The van der Waals surface area contributed by atoms with Crippen LogP contribution in [-0.2, 0) is 16.1 Å². The summed E-state index contributed by atoms with van der Waals surface area (Å²) >= 11 is 0. The second-order valence-electron chi connectivity index (χ2n) is 8.13. The average Bonchev–Trinajstić information content (AvgIpc) is 3.43. The molecular weight excluding hydrogens is 400 g/mol. The first kappa shape index (κ1) is 20.9. The lowest BCUT2D eigenvalue weighted by molar-refractivity contribution is -0.127. The molecule has 1 aromatic carbocycles. The van der Waals surface area contributed by atoms with E-state index in [0.717, 1.165) is 25.7 Å². The molecule has 2 aromatic rings. The standard InChI is InChI=1S/C22H26N4O5/c1-22(21(29)23-14-6-4-5-7-14)13-25-18(12-17(24-25)20(28)31-3)19(27)26(22)15-8-10-16(30-2)11-9-15/h8-12,14H,4-7,13H2,1-3H3,(H,23,29). The quantitative estimate of drug-likeness (QED) is 0.735. The number of amides is 2. The Balaban J connectivity index is 1.76. The van der Waals surface area contributed by atoms with Crippen LogP contribution in [0.2, 0.25) is 0 Å². The molecule has 2 heterocycles. The maximum atomic E-state index is 13.6. The third kappa shape index (κ3) is 3.64. The zero-order chi connectivity index (χ0) is 22.2. The van der Waals surface area contributed by atoms with Gasteiger partial charge in [0.05, 0.1) is 20.8 Å². The first-order chi connectivity index (χ1) is 14.9. The van der Waals surface area contributed by atoms with Gasteiger partial charge < -0.3 is 14.8 Å². The van der Waals surface area contributed by atoms with Gasteiger partial charge in [0.2, 0.25) is 5.91 Å². The summed E-state index contributed by atoms with van der Waals surface area (Å²) in [4.78, 5) is 40.5. The summed E-state index contributed by atoms with van der Waals surface area (Å²) in [5, 5.41) is 7.34. The number of carbonyl (C=O) groups excluding carboxylic acids is 3. The van der Waals surface area contributed by atoms with Gasteiger partial charge in [-0.1, -0.05) is 12.8 Å². The lowest BCUT2D eigenvalue weighted by Crippen LogP contribution is -2.65. The Morgan fingerprint density at radius 2 is 1.84 bits per heavy atom. The zero-order valence-corrected chi connectivity index (χ0v) is 17.9.